The Labute approximate surface area is 115 Å². The second kappa shape index (κ2) is 5.67. The van der Waals surface area contributed by atoms with Gasteiger partial charge in [-0.25, -0.2) is 4.98 Å². The van der Waals surface area contributed by atoms with Gasteiger partial charge in [-0.15, -0.1) is 11.3 Å². The van der Waals surface area contributed by atoms with Gasteiger partial charge in [0.05, 0.1) is 16.3 Å². The summed E-state index contributed by atoms with van der Waals surface area (Å²) in [7, 11) is 0. The van der Waals surface area contributed by atoms with Crippen molar-refractivity contribution >= 4 is 33.7 Å². The molecule has 0 saturated heterocycles. The van der Waals surface area contributed by atoms with E-state index in [-0.39, 0.29) is 0 Å². The predicted molar refractivity (Wildman–Crippen MR) is 80.3 cm³/mol. The summed E-state index contributed by atoms with van der Waals surface area (Å²) in [5.41, 5.74) is 7.82. The molecule has 0 aliphatic heterocycles. The first-order valence-corrected chi connectivity index (χ1v) is 7.64. The lowest BCUT2D eigenvalue weighted by molar-refractivity contribution is 0.608. The van der Waals surface area contributed by atoms with Crippen molar-refractivity contribution in [3.05, 3.63) is 10.4 Å². The molecule has 2 aromatic rings. The first-order chi connectivity index (χ1) is 8.58. The molecule has 0 spiro atoms. The number of hydrogen-bond acceptors (Lipinski definition) is 6. The Morgan fingerprint density at radius 1 is 1.44 bits per heavy atom. The van der Waals surface area contributed by atoms with Gasteiger partial charge >= 0.3 is 0 Å². The number of rotatable bonds is 5. The Kier molecular flexibility index (Phi) is 4.19. The summed E-state index contributed by atoms with van der Waals surface area (Å²) in [6.07, 6.45) is 1.13. The molecule has 0 saturated carbocycles. The molecular formula is C12H18N4S2. The first kappa shape index (κ1) is 13.3. The van der Waals surface area contributed by atoms with Crippen molar-refractivity contribution in [2.24, 2.45) is 5.92 Å². The number of hydrogen-bond donors (Lipinski definition) is 2. The summed E-state index contributed by atoms with van der Waals surface area (Å²) in [5.74, 6) is 1.25. The molecule has 2 heterocycles. The Morgan fingerprint density at radius 3 is 2.83 bits per heavy atom. The Bertz CT molecular complexity index is 516. The van der Waals surface area contributed by atoms with Crippen molar-refractivity contribution < 1.29 is 0 Å². The summed E-state index contributed by atoms with van der Waals surface area (Å²) in [6, 6.07) is 0. The highest BCUT2D eigenvalue weighted by molar-refractivity contribution is 7.11. The smallest absolute Gasteiger partial charge is 0.148 e. The van der Waals surface area contributed by atoms with Crippen LogP contribution >= 0.6 is 22.9 Å². The van der Waals surface area contributed by atoms with E-state index in [9.17, 15) is 0 Å². The lowest BCUT2D eigenvalue weighted by Crippen LogP contribution is -2.04. The molecule has 3 N–H and O–H groups in total. The Hall–Kier alpha value is -1.14. The maximum Gasteiger partial charge on any atom is 0.148 e. The fraction of sp³-hybridized carbons (Fsp3) is 0.500. The van der Waals surface area contributed by atoms with Crippen LogP contribution in [0.15, 0.2) is 5.38 Å². The minimum atomic E-state index is 0.567. The second-order valence-corrected chi connectivity index (χ2v) is 6.47. The zero-order valence-electron chi connectivity index (χ0n) is 10.9. The van der Waals surface area contributed by atoms with Crippen molar-refractivity contribution in [3.63, 3.8) is 0 Å². The number of thiazole rings is 1. The average Bonchev–Trinajstić information content (AvgIpc) is 2.85. The zero-order valence-corrected chi connectivity index (χ0v) is 12.5. The highest BCUT2D eigenvalue weighted by Crippen LogP contribution is 2.37. The largest absolute Gasteiger partial charge is 0.382 e. The minimum absolute atomic E-state index is 0.567. The highest BCUT2D eigenvalue weighted by Gasteiger charge is 2.15. The number of aryl methyl sites for hydroxylation is 1. The Morgan fingerprint density at radius 2 is 2.22 bits per heavy atom. The van der Waals surface area contributed by atoms with Crippen molar-refractivity contribution in [1.82, 2.24) is 9.36 Å². The van der Waals surface area contributed by atoms with Crippen LogP contribution in [0.5, 0.6) is 0 Å². The fourth-order valence-electron chi connectivity index (χ4n) is 1.62. The number of anilines is 2. The van der Waals surface area contributed by atoms with E-state index in [2.05, 4.69) is 28.5 Å². The SMILES string of the molecule is Cc1nc(-c2c(N)nsc2NCCC(C)C)cs1. The number of nitrogen functional groups attached to an aromatic ring is 1. The van der Waals surface area contributed by atoms with Crippen LogP contribution in [0.1, 0.15) is 25.3 Å². The summed E-state index contributed by atoms with van der Waals surface area (Å²) >= 11 is 3.04. The standard InChI is InChI=1S/C12H18N4S2/c1-7(2)4-5-14-12-10(11(13)16-18-12)9-6-17-8(3)15-9/h6-7,14H,4-5H2,1-3H3,(H2,13,16). The normalized spacial score (nSPS) is 11.1. The van der Waals surface area contributed by atoms with Gasteiger partial charge in [-0.1, -0.05) is 13.8 Å². The highest BCUT2D eigenvalue weighted by atomic mass is 32.1. The van der Waals surface area contributed by atoms with Crippen LogP contribution in [0.25, 0.3) is 11.3 Å². The van der Waals surface area contributed by atoms with Gasteiger partial charge in [0.1, 0.15) is 10.8 Å². The van der Waals surface area contributed by atoms with Crippen molar-refractivity contribution in [2.75, 3.05) is 17.6 Å². The molecule has 98 valence electrons. The molecule has 0 atom stereocenters. The van der Waals surface area contributed by atoms with Crippen LogP contribution in [0.3, 0.4) is 0 Å². The summed E-state index contributed by atoms with van der Waals surface area (Å²) < 4.78 is 4.22. The molecular weight excluding hydrogens is 264 g/mol. The lowest BCUT2D eigenvalue weighted by Gasteiger charge is -2.07. The van der Waals surface area contributed by atoms with Crippen molar-refractivity contribution in [1.29, 1.82) is 0 Å². The molecule has 2 aromatic heterocycles. The maximum atomic E-state index is 5.94. The summed E-state index contributed by atoms with van der Waals surface area (Å²) in [4.78, 5) is 4.48. The minimum Gasteiger partial charge on any atom is -0.382 e. The number of nitrogens with two attached hydrogens (primary N) is 1. The van der Waals surface area contributed by atoms with Gasteiger partial charge < -0.3 is 11.1 Å². The van der Waals surface area contributed by atoms with Crippen LogP contribution in [0, 0.1) is 12.8 Å². The molecule has 18 heavy (non-hydrogen) atoms. The third-order valence-corrected chi connectivity index (χ3v) is 4.19. The van der Waals surface area contributed by atoms with E-state index in [1.807, 2.05) is 12.3 Å². The monoisotopic (exact) mass is 282 g/mol. The maximum absolute atomic E-state index is 5.94. The molecule has 0 aliphatic rings. The second-order valence-electron chi connectivity index (χ2n) is 4.63. The molecule has 0 unspecified atom stereocenters. The lowest BCUT2D eigenvalue weighted by atomic mass is 10.1. The van der Waals surface area contributed by atoms with Crippen LogP contribution in [0.4, 0.5) is 10.8 Å². The van der Waals surface area contributed by atoms with Gasteiger partial charge in [-0.2, -0.15) is 4.37 Å². The van der Waals surface area contributed by atoms with Crippen LogP contribution < -0.4 is 11.1 Å². The van der Waals surface area contributed by atoms with E-state index >= 15 is 0 Å². The van der Waals surface area contributed by atoms with E-state index in [1.54, 1.807) is 11.3 Å². The third kappa shape index (κ3) is 3.00. The predicted octanol–water partition coefficient (Wildman–Crippen LogP) is 3.62. The third-order valence-electron chi connectivity index (χ3n) is 2.60. The van der Waals surface area contributed by atoms with Crippen LogP contribution in [-0.4, -0.2) is 15.9 Å². The molecule has 4 nitrogen and oxygen atoms in total. The van der Waals surface area contributed by atoms with Gasteiger partial charge in [0.25, 0.3) is 0 Å². The zero-order chi connectivity index (χ0) is 13.1. The molecule has 0 bridgehead atoms. The van der Waals surface area contributed by atoms with E-state index in [0.29, 0.717) is 11.7 Å². The number of nitrogens with zero attached hydrogens (tertiary/aromatic N) is 2. The molecule has 6 heteroatoms. The van der Waals surface area contributed by atoms with E-state index in [0.717, 1.165) is 34.2 Å². The van der Waals surface area contributed by atoms with Gasteiger partial charge in [-0.05, 0) is 30.8 Å². The quantitative estimate of drug-likeness (QED) is 0.879. The van der Waals surface area contributed by atoms with Gasteiger partial charge in [-0.3, -0.25) is 0 Å². The molecule has 0 amide bonds. The van der Waals surface area contributed by atoms with Crippen LogP contribution in [-0.2, 0) is 0 Å². The van der Waals surface area contributed by atoms with Crippen LogP contribution in [0.2, 0.25) is 0 Å². The average molecular weight is 282 g/mol. The van der Waals surface area contributed by atoms with Crippen molar-refractivity contribution in [3.8, 4) is 11.3 Å². The fourth-order valence-corrected chi connectivity index (χ4v) is 2.98. The van der Waals surface area contributed by atoms with Gasteiger partial charge in [0.2, 0.25) is 0 Å². The molecule has 0 fully saturated rings. The number of nitrogens with one attached hydrogen (secondary N) is 1. The molecule has 0 aliphatic carbocycles. The molecule has 0 aromatic carbocycles. The molecule has 2 rings (SSSR count). The molecule has 0 radical (unpaired) electrons. The van der Waals surface area contributed by atoms with E-state index < -0.39 is 0 Å². The summed E-state index contributed by atoms with van der Waals surface area (Å²) in [5, 5.41) is 7.52. The van der Waals surface area contributed by atoms with E-state index in [4.69, 9.17) is 5.73 Å². The van der Waals surface area contributed by atoms with Gasteiger partial charge in [0.15, 0.2) is 0 Å². The van der Waals surface area contributed by atoms with Gasteiger partial charge in [0, 0.05) is 11.9 Å². The van der Waals surface area contributed by atoms with Crippen molar-refractivity contribution in [2.45, 2.75) is 27.2 Å². The number of aromatic nitrogens is 2. The topological polar surface area (TPSA) is 63.8 Å². The van der Waals surface area contributed by atoms with E-state index in [1.165, 1.54) is 11.5 Å². The summed E-state index contributed by atoms with van der Waals surface area (Å²) in [6.45, 7) is 7.37. The first-order valence-electron chi connectivity index (χ1n) is 5.99. The Balaban J connectivity index is 2.17.